The maximum Gasteiger partial charge on any atom is 0.326 e. The second kappa shape index (κ2) is 7.51. The highest BCUT2D eigenvalue weighted by molar-refractivity contribution is 8.26. The van der Waals surface area contributed by atoms with Gasteiger partial charge in [0.2, 0.25) is 0 Å². The van der Waals surface area contributed by atoms with Crippen molar-refractivity contribution >= 4 is 46.3 Å². The summed E-state index contributed by atoms with van der Waals surface area (Å²) in [6.45, 7) is 1.98. The molecule has 1 aliphatic rings. The Morgan fingerprint density at radius 1 is 1.50 bits per heavy atom. The third kappa shape index (κ3) is 3.72. The molecule has 0 aliphatic carbocycles. The van der Waals surface area contributed by atoms with Crippen molar-refractivity contribution in [1.29, 1.82) is 0 Å². The van der Waals surface area contributed by atoms with E-state index in [0.29, 0.717) is 15.6 Å². The average Bonchev–Trinajstić information content (AvgIpc) is 2.76. The fraction of sp³-hybridized carbons (Fsp3) is 0.333. The number of aliphatic carboxylic acids is 1. The number of hydrogen-bond acceptors (Lipinski definition) is 5. The normalized spacial score (nSPS) is 18.0. The first-order valence-corrected chi connectivity index (χ1v) is 8.17. The van der Waals surface area contributed by atoms with Crippen LogP contribution in [0.5, 0.6) is 0 Å². The van der Waals surface area contributed by atoms with Gasteiger partial charge in [0.05, 0.1) is 4.91 Å². The van der Waals surface area contributed by atoms with Crippen molar-refractivity contribution in [3.63, 3.8) is 0 Å². The number of thioether (sulfide) groups is 1. The minimum atomic E-state index is -1.02. The molecule has 2 heterocycles. The molecule has 1 N–H and O–H groups in total. The predicted octanol–water partition coefficient (Wildman–Crippen LogP) is 2.93. The number of amides is 1. The van der Waals surface area contributed by atoms with Crippen molar-refractivity contribution < 1.29 is 14.7 Å². The number of carbonyl (C=O) groups is 2. The fourth-order valence-corrected chi connectivity index (χ4v) is 3.48. The van der Waals surface area contributed by atoms with Crippen molar-refractivity contribution in [3.05, 3.63) is 35.0 Å². The molecule has 0 aromatic carbocycles. The van der Waals surface area contributed by atoms with Crippen LogP contribution in [0.1, 0.15) is 31.7 Å². The molecule has 116 valence electrons. The Kier molecular flexibility index (Phi) is 5.68. The SMILES string of the molecule is CCCCC(C(=O)O)N1C(=O)/C(=C/c2ccncc2)SC1=S. The Bertz CT molecular complexity index is 616. The Morgan fingerprint density at radius 2 is 2.18 bits per heavy atom. The lowest BCUT2D eigenvalue weighted by Crippen LogP contribution is -2.43. The fourth-order valence-electron chi connectivity index (χ4n) is 2.12. The Morgan fingerprint density at radius 3 is 2.77 bits per heavy atom. The van der Waals surface area contributed by atoms with Gasteiger partial charge in [-0.15, -0.1) is 0 Å². The summed E-state index contributed by atoms with van der Waals surface area (Å²) >= 11 is 6.35. The third-order valence-electron chi connectivity index (χ3n) is 3.26. The second-order valence-corrected chi connectivity index (χ2v) is 6.50. The van der Waals surface area contributed by atoms with Crippen LogP contribution in [0.4, 0.5) is 0 Å². The molecule has 0 radical (unpaired) electrons. The summed E-state index contributed by atoms with van der Waals surface area (Å²) in [5.74, 6) is -1.36. The number of carboxylic acid groups (broad SMARTS) is 1. The van der Waals surface area contributed by atoms with Gasteiger partial charge in [0, 0.05) is 12.4 Å². The van der Waals surface area contributed by atoms with E-state index in [1.54, 1.807) is 30.6 Å². The minimum absolute atomic E-state index is 0.300. The summed E-state index contributed by atoms with van der Waals surface area (Å²) in [4.78, 5) is 29.5. The third-order valence-corrected chi connectivity index (χ3v) is 4.59. The van der Waals surface area contributed by atoms with Gasteiger partial charge in [-0.2, -0.15) is 0 Å². The summed E-state index contributed by atoms with van der Waals surface area (Å²) in [6.07, 6.45) is 6.98. The van der Waals surface area contributed by atoms with Crippen LogP contribution in [-0.4, -0.2) is 37.2 Å². The monoisotopic (exact) mass is 336 g/mol. The van der Waals surface area contributed by atoms with Crippen LogP contribution in [0.3, 0.4) is 0 Å². The molecule has 0 saturated carbocycles. The molecular formula is C15H16N2O3S2. The van der Waals surface area contributed by atoms with E-state index in [-0.39, 0.29) is 5.91 Å². The van der Waals surface area contributed by atoms with Crippen LogP contribution in [0.15, 0.2) is 29.4 Å². The molecular weight excluding hydrogens is 320 g/mol. The number of unbranched alkanes of at least 4 members (excludes halogenated alkanes) is 1. The van der Waals surface area contributed by atoms with Crippen LogP contribution >= 0.6 is 24.0 Å². The van der Waals surface area contributed by atoms with Gasteiger partial charge in [-0.3, -0.25) is 14.7 Å². The van der Waals surface area contributed by atoms with Gasteiger partial charge in [-0.25, -0.2) is 4.79 Å². The number of aromatic nitrogens is 1. The topological polar surface area (TPSA) is 70.5 Å². The van der Waals surface area contributed by atoms with Crippen LogP contribution in [0.2, 0.25) is 0 Å². The molecule has 1 saturated heterocycles. The molecule has 1 amide bonds. The van der Waals surface area contributed by atoms with Gasteiger partial charge in [-0.05, 0) is 30.2 Å². The van der Waals surface area contributed by atoms with Crippen LogP contribution < -0.4 is 0 Å². The lowest BCUT2D eigenvalue weighted by molar-refractivity contribution is -0.145. The summed E-state index contributed by atoms with van der Waals surface area (Å²) in [7, 11) is 0. The quantitative estimate of drug-likeness (QED) is 0.636. The predicted molar refractivity (Wildman–Crippen MR) is 90.2 cm³/mol. The van der Waals surface area contributed by atoms with Crippen molar-refractivity contribution in [3.8, 4) is 0 Å². The minimum Gasteiger partial charge on any atom is -0.480 e. The maximum atomic E-state index is 12.5. The molecule has 0 spiro atoms. The van der Waals surface area contributed by atoms with Crippen molar-refractivity contribution in [2.45, 2.75) is 32.2 Å². The molecule has 1 atom stereocenters. The van der Waals surface area contributed by atoms with E-state index in [4.69, 9.17) is 12.2 Å². The van der Waals surface area contributed by atoms with Crippen molar-refractivity contribution in [2.75, 3.05) is 0 Å². The molecule has 1 aromatic heterocycles. The van der Waals surface area contributed by atoms with Gasteiger partial charge in [0.25, 0.3) is 5.91 Å². The van der Waals surface area contributed by atoms with E-state index in [1.807, 2.05) is 6.92 Å². The molecule has 0 bridgehead atoms. The van der Waals surface area contributed by atoms with Gasteiger partial charge < -0.3 is 5.11 Å². The van der Waals surface area contributed by atoms with Gasteiger partial charge in [0.15, 0.2) is 0 Å². The number of carbonyl (C=O) groups excluding carboxylic acids is 1. The van der Waals surface area contributed by atoms with E-state index in [0.717, 1.165) is 30.2 Å². The highest BCUT2D eigenvalue weighted by Gasteiger charge is 2.39. The number of thiocarbonyl (C=S) groups is 1. The van der Waals surface area contributed by atoms with E-state index in [2.05, 4.69) is 4.98 Å². The molecule has 5 nitrogen and oxygen atoms in total. The van der Waals surface area contributed by atoms with Gasteiger partial charge in [-0.1, -0.05) is 43.7 Å². The largest absolute Gasteiger partial charge is 0.480 e. The zero-order valence-corrected chi connectivity index (χ0v) is 13.7. The first-order chi connectivity index (χ1) is 10.5. The Hall–Kier alpha value is -1.73. The first kappa shape index (κ1) is 16.6. The zero-order valence-electron chi connectivity index (χ0n) is 12.1. The maximum absolute atomic E-state index is 12.5. The summed E-state index contributed by atoms with van der Waals surface area (Å²) in [6, 6.07) is 2.66. The first-order valence-electron chi connectivity index (χ1n) is 6.94. The summed E-state index contributed by atoms with van der Waals surface area (Å²) < 4.78 is 0.300. The van der Waals surface area contributed by atoms with E-state index in [9.17, 15) is 14.7 Å². The van der Waals surface area contributed by atoms with E-state index < -0.39 is 12.0 Å². The highest BCUT2D eigenvalue weighted by Crippen LogP contribution is 2.34. The molecule has 1 unspecified atom stereocenters. The number of pyridine rings is 1. The lowest BCUT2D eigenvalue weighted by atomic mass is 10.1. The molecule has 2 rings (SSSR count). The Balaban J connectivity index is 2.24. The standard InChI is InChI=1S/C15H16N2O3S2/c1-2-3-4-11(14(19)20)17-13(18)12(22-15(17)21)9-10-5-7-16-8-6-10/h5-9,11H,2-4H2,1H3,(H,19,20)/b12-9-. The number of nitrogens with zero attached hydrogens (tertiary/aromatic N) is 2. The van der Waals surface area contributed by atoms with E-state index in [1.165, 1.54) is 4.90 Å². The number of hydrogen-bond donors (Lipinski definition) is 1. The second-order valence-electron chi connectivity index (χ2n) is 4.83. The summed E-state index contributed by atoms with van der Waals surface area (Å²) in [5.41, 5.74) is 0.830. The zero-order chi connectivity index (χ0) is 16.1. The van der Waals surface area contributed by atoms with E-state index >= 15 is 0 Å². The Labute approximate surface area is 138 Å². The van der Waals surface area contributed by atoms with Crippen LogP contribution in [-0.2, 0) is 9.59 Å². The van der Waals surface area contributed by atoms with Crippen molar-refractivity contribution in [1.82, 2.24) is 9.88 Å². The summed E-state index contributed by atoms with van der Waals surface area (Å²) in [5, 5.41) is 9.38. The highest BCUT2D eigenvalue weighted by atomic mass is 32.2. The van der Waals surface area contributed by atoms with Crippen LogP contribution in [0.25, 0.3) is 6.08 Å². The lowest BCUT2D eigenvalue weighted by Gasteiger charge is -2.22. The van der Waals surface area contributed by atoms with Crippen molar-refractivity contribution in [2.24, 2.45) is 0 Å². The smallest absolute Gasteiger partial charge is 0.326 e. The molecule has 7 heteroatoms. The molecule has 1 fully saturated rings. The molecule has 1 aliphatic heterocycles. The van der Waals surface area contributed by atoms with Gasteiger partial charge in [0.1, 0.15) is 10.4 Å². The average molecular weight is 336 g/mol. The molecule has 22 heavy (non-hydrogen) atoms. The molecule has 1 aromatic rings. The van der Waals surface area contributed by atoms with Crippen LogP contribution in [0, 0.1) is 0 Å². The van der Waals surface area contributed by atoms with Gasteiger partial charge >= 0.3 is 5.97 Å². The number of carboxylic acids is 1. The number of rotatable bonds is 6.